The lowest BCUT2D eigenvalue weighted by Gasteiger charge is -2.09. The molecule has 0 saturated heterocycles. The minimum absolute atomic E-state index is 0.101. The number of nitrogens with zero attached hydrogens (tertiary/aromatic N) is 1. The standard InChI is InChI=1S/C17H12N2O3/c20-16(19-14-9-1-2-10-18-14)12-7-3-5-11-6-4-8-13(15(11)12)17(21)22/h1-10H,(H,21,22)(H,18,19,20). The van der Waals surface area contributed by atoms with Crippen LogP contribution in [-0.4, -0.2) is 22.0 Å². The lowest BCUT2D eigenvalue weighted by molar-refractivity contribution is 0.0699. The minimum atomic E-state index is -1.07. The molecule has 2 N–H and O–H groups in total. The van der Waals surface area contributed by atoms with Crippen LogP contribution < -0.4 is 5.32 Å². The SMILES string of the molecule is O=C(O)c1cccc2cccc(C(=O)Nc3ccccn3)c12. The quantitative estimate of drug-likeness (QED) is 0.777. The van der Waals surface area contributed by atoms with Gasteiger partial charge in [-0.2, -0.15) is 0 Å². The topological polar surface area (TPSA) is 79.3 Å². The van der Waals surface area contributed by atoms with Gasteiger partial charge in [0.1, 0.15) is 5.82 Å². The van der Waals surface area contributed by atoms with Crippen LogP contribution in [0.15, 0.2) is 60.8 Å². The summed E-state index contributed by atoms with van der Waals surface area (Å²) in [5.74, 6) is -1.04. The Labute approximate surface area is 126 Å². The van der Waals surface area contributed by atoms with Crippen LogP contribution in [0.1, 0.15) is 20.7 Å². The molecular weight excluding hydrogens is 280 g/mol. The van der Waals surface area contributed by atoms with Gasteiger partial charge in [0, 0.05) is 17.1 Å². The molecular formula is C17H12N2O3. The highest BCUT2D eigenvalue weighted by molar-refractivity contribution is 6.17. The van der Waals surface area contributed by atoms with Crippen LogP contribution in [0.25, 0.3) is 10.8 Å². The Morgan fingerprint density at radius 3 is 2.27 bits per heavy atom. The zero-order valence-corrected chi connectivity index (χ0v) is 11.5. The lowest BCUT2D eigenvalue weighted by Crippen LogP contribution is -2.14. The van der Waals surface area contributed by atoms with Gasteiger partial charge in [-0.15, -0.1) is 0 Å². The van der Waals surface area contributed by atoms with Crippen molar-refractivity contribution in [3.63, 3.8) is 0 Å². The molecule has 0 fully saturated rings. The monoisotopic (exact) mass is 292 g/mol. The predicted molar refractivity (Wildman–Crippen MR) is 83.1 cm³/mol. The smallest absolute Gasteiger partial charge is 0.336 e. The summed E-state index contributed by atoms with van der Waals surface area (Å²) in [5, 5.41) is 13.1. The number of fused-ring (bicyclic) bond motifs is 1. The van der Waals surface area contributed by atoms with E-state index >= 15 is 0 Å². The van der Waals surface area contributed by atoms with Gasteiger partial charge < -0.3 is 10.4 Å². The van der Waals surface area contributed by atoms with Gasteiger partial charge in [-0.05, 0) is 29.7 Å². The molecule has 5 nitrogen and oxygen atoms in total. The number of benzene rings is 2. The van der Waals surface area contributed by atoms with E-state index in [9.17, 15) is 14.7 Å². The lowest BCUT2D eigenvalue weighted by atomic mass is 9.98. The first kappa shape index (κ1) is 13.8. The number of carboxylic acids is 1. The molecule has 3 rings (SSSR count). The van der Waals surface area contributed by atoms with Crippen molar-refractivity contribution in [1.29, 1.82) is 0 Å². The van der Waals surface area contributed by atoms with Crippen LogP contribution in [0.2, 0.25) is 0 Å². The minimum Gasteiger partial charge on any atom is -0.478 e. The molecule has 1 amide bonds. The zero-order chi connectivity index (χ0) is 15.5. The highest BCUT2D eigenvalue weighted by Gasteiger charge is 2.16. The second-order valence-corrected chi connectivity index (χ2v) is 4.68. The van der Waals surface area contributed by atoms with Gasteiger partial charge in [-0.1, -0.05) is 30.3 Å². The number of nitrogens with one attached hydrogen (secondary N) is 1. The zero-order valence-electron chi connectivity index (χ0n) is 11.5. The molecule has 0 aliphatic heterocycles. The summed E-state index contributed by atoms with van der Waals surface area (Å²) in [5.41, 5.74) is 0.408. The number of amides is 1. The Morgan fingerprint density at radius 2 is 1.64 bits per heavy atom. The van der Waals surface area contributed by atoms with E-state index < -0.39 is 11.9 Å². The fourth-order valence-corrected chi connectivity index (χ4v) is 2.33. The van der Waals surface area contributed by atoms with E-state index in [0.29, 0.717) is 22.2 Å². The molecule has 1 aromatic heterocycles. The number of aromatic carboxylic acids is 1. The molecule has 0 atom stereocenters. The first-order chi connectivity index (χ1) is 10.7. The van der Waals surface area contributed by atoms with Crippen molar-refractivity contribution in [2.24, 2.45) is 0 Å². The number of pyridine rings is 1. The highest BCUT2D eigenvalue weighted by Crippen LogP contribution is 2.24. The Bertz CT molecular complexity index is 855. The van der Waals surface area contributed by atoms with Crippen LogP contribution in [0.4, 0.5) is 5.82 Å². The van der Waals surface area contributed by atoms with Gasteiger partial charge in [-0.3, -0.25) is 4.79 Å². The molecule has 0 unspecified atom stereocenters. The Morgan fingerprint density at radius 1 is 0.909 bits per heavy atom. The van der Waals surface area contributed by atoms with Crippen molar-refractivity contribution >= 4 is 28.5 Å². The normalized spacial score (nSPS) is 10.4. The number of hydrogen-bond acceptors (Lipinski definition) is 3. The molecule has 5 heteroatoms. The number of anilines is 1. The van der Waals surface area contributed by atoms with Crippen molar-refractivity contribution in [2.45, 2.75) is 0 Å². The van der Waals surface area contributed by atoms with E-state index in [1.54, 1.807) is 54.7 Å². The Hall–Kier alpha value is -3.21. The fraction of sp³-hybridized carbons (Fsp3) is 0. The maximum absolute atomic E-state index is 12.5. The van der Waals surface area contributed by atoms with E-state index in [2.05, 4.69) is 10.3 Å². The van der Waals surface area contributed by atoms with Gasteiger partial charge in [0.15, 0.2) is 0 Å². The summed E-state index contributed by atoms with van der Waals surface area (Å²) in [6.45, 7) is 0. The summed E-state index contributed by atoms with van der Waals surface area (Å²) in [6, 6.07) is 15.2. The average molecular weight is 292 g/mol. The molecule has 0 radical (unpaired) electrons. The summed E-state index contributed by atoms with van der Waals surface area (Å²) in [4.78, 5) is 27.9. The van der Waals surface area contributed by atoms with Crippen molar-refractivity contribution in [3.8, 4) is 0 Å². The second kappa shape index (κ2) is 5.65. The van der Waals surface area contributed by atoms with Crippen molar-refractivity contribution in [1.82, 2.24) is 4.98 Å². The summed E-state index contributed by atoms with van der Waals surface area (Å²) >= 11 is 0. The van der Waals surface area contributed by atoms with Crippen molar-refractivity contribution in [3.05, 3.63) is 71.9 Å². The molecule has 0 saturated carbocycles. The first-order valence-electron chi connectivity index (χ1n) is 6.64. The molecule has 108 valence electrons. The van der Waals surface area contributed by atoms with Gasteiger partial charge in [0.25, 0.3) is 5.91 Å². The summed E-state index contributed by atoms with van der Waals surface area (Å²) < 4.78 is 0. The summed E-state index contributed by atoms with van der Waals surface area (Å²) in [7, 11) is 0. The Balaban J connectivity index is 2.10. The maximum atomic E-state index is 12.5. The number of aromatic nitrogens is 1. The molecule has 0 aliphatic carbocycles. The molecule has 0 spiro atoms. The molecule has 0 aliphatic rings. The first-order valence-corrected chi connectivity index (χ1v) is 6.64. The number of hydrogen-bond donors (Lipinski definition) is 2. The van der Waals surface area contributed by atoms with E-state index in [1.807, 2.05) is 0 Å². The van der Waals surface area contributed by atoms with E-state index in [0.717, 1.165) is 0 Å². The van der Waals surface area contributed by atoms with Crippen LogP contribution in [0, 0.1) is 0 Å². The molecule has 0 bridgehead atoms. The maximum Gasteiger partial charge on any atom is 0.336 e. The molecule has 1 heterocycles. The third-order valence-corrected chi connectivity index (χ3v) is 3.29. The van der Waals surface area contributed by atoms with Crippen LogP contribution in [0.5, 0.6) is 0 Å². The van der Waals surface area contributed by atoms with Crippen LogP contribution in [-0.2, 0) is 0 Å². The molecule has 3 aromatic rings. The number of carboxylic acid groups (broad SMARTS) is 1. The third-order valence-electron chi connectivity index (χ3n) is 3.29. The van der Waals surface area contributed by atoms with Crippen LogP contribution in [0.3, 0.4) is 0 Å². The third kappa shape index (κ3) is 2.52. The largest absolute Gasteiger partial charge is 0.478 e. The number of carbonyl (C=O) groups is 2. The fourth-order valence-electron chi connectivity index (χ4n) is 2.33. The van der Waals surface area contributed by atoms with Crippen molar-refractivity contribution < 1.29 is 14.7 Å². The van der Waals surface area contributed by atoms with E-state index in [4.69, 9.17) is 0 Å². The number of rotatable bonds is 3. The van der Waals surface area contributed by atoms with Gasteiger partial charge in [0.05, 0.1) is 5.56 Å². The second-order valence-electron chi connectivity index (χ2n) is 4.68. The molecule has 2 aromatic carbocycles. The van der Waals surface area contributed by atoms with E-state index in [-0.39, 0.29) is 5.56 Å². The number of carbonyl (C=O) groups excluding carboxylic acids is 1. The van der Waals surface area contributed by atoms with Gasteiger partial charge >= 0.3 is 5.97 Å². The van der Waals surface area contributed by atoms with Gasteiger partial charge in [-0.25, -0.2) is 9.78 Å². The van der Waals surface area contributed by atoms with Crippen LogP contribution >= 0.6 is 0 Å². The average Bonchev–Trinajstić information content (AvgIpc) is 2.54. The molecule has 22 heavy (non-hydrogen) atoms. The predicted octanol–water partition coefficient (Wildman–Crippen LogP) is 3.19. The Kier molecular flexibility index (Phi) is 3.53. The highest BCUT2D eigenvalue weighted by atomic mass is 16.4. The van der Waals surface area contributed by atoms with Crippen molar-refractivity contribution in [2.75, 3.05) is 5.32 Å². The van der Waals surface area contributed by atoms with Gasteiger partial charge in [0.2, 0.25) is 0 Å². The summed E-state index contributed by atoms with van der Waals surface area (Å²) in [6.07, 6.45) is 1.57. The van der Waals surface area contributed by atoms with E-state index in [1.165, 1.54) is 6.07 Å².